The summed E-state index contributed by atoms with van der Waals surface area (Å²) < 4.78 is 5.21. The minimum Gasteiger partial charge on any atom is -0.497 e. The highest BCUT2D eigenvalue weighted by molar-refractivity contribution is 5.30. The first-order chi connectivity index (χ1) is 8.36. The lowest BCUT2D eigenvalue weighted by atomic mass is 10.0. The molecule has 2 nitrogen and oxygen atoms in total. The number of benzene rings is 1. The summed E-state index contributed by atoms with van der Waals surface area (Å²) >= 11 is 0. The zero-order valence-corrected chi connectivity index (χ0v) is 10.5. The highest BCUT2D eigenvalue weighted by Crippen LogP contribution is 2.42. The van der Waals surface area contributed by atoms with E-state index in [0.29, 0.717) is 6.04 Å². The molecule has 0 radical (unpaired) electrons. The van der Waals surface area contributed by atoms with Gasteiger partial charge in [-0.1, -0.05) is 12.1 Å². The molecule has 2 aliphatic carbocycles. The van der Waals surface area contributed by atoms with Crippen molar-refractivity contribution in [1.29, 1.82) is 0 Å². The molecule has 1 unspecified atom stereocenters. The molecule has 0 aliphatic heterocycles. The Morgan fingerprint density at radius 3 is 2.41 bits per heavy atom. The van der Waals surface area contributed by atoms with Gasteiger partial charge in [0, 0.05) is 6.04 Å². The van der Waals surface area contributed by atoms with Gasteiger partial charge in [-0.05, 0) is 61.8 Å². The Kier molecular flexibility index (Phi) is 3.06. The van der Waals surface area contributed by atoms with Gasteiger partial charge in [-0.15, -0.1) is 0 Å². The van der Waals surface area contributed by atoms with E-state index >= 15 is 0 Å². The lowest BCUT2D eigenvalue weighted by molar-refractivity contribution is 0.413. The Morgan fingerprint density at radius 2 is 1.88 bits per heavy atom. The summed E-state index contributed by atoms with van der Waals surface area (Å²) in [4.78, 5) is 0. The van der Waals surface area contributed by atoms with Crippen molar-refractivity contribution in [3.8, 4) is 5.75 Å². The van der Waals surface area contributed by atoms with Crippen LogP contribution in [0.5, 0.6) is 5.75 Å². The van der Waals surface area contributed by atoms with E-state index in [9.17, 15) is 0 Å². The van der Waals surface area contributed by atoms with Crippen molar-refractivity contribution < 1.29 is 4.74 Å². The first-order valence-electron chi connectivity index (χ1n) is 6.74. The highest BCUT2D eigenvalue weighted by Gasteiger charge is 2.33. The van der Waals surface area contributed by atoms with Crippen LogP contribution in [0.3, 0.4) is 0 Å². The van der Waals surface area contributed by atoms with Gasteiger partial charge in [-0.3, -0.25) is 0 Å². The minimum absolute atomic E-state index is 0.571. The quantitative estimate of drug-likeness (QED) is 0.812. The standard InChI is InChI=1S/C15H21NO/c1-17-14-8-6-13(7-9-14)15(12-4-5-12)16-10-11-2-3-11/h6-9,11-12,15-16H,2-5,10H2,1H3. The van der Waals surface area contributed by atoms with Crippen molar-refractivity contribution in [3.05, 3.63) is 29.8 Å². The Labute approximate surface area is 103 Å². The van der Waals surface area contributed by atoms with Crippen LogP contribution in [0.2, 0.25) is 0 Å². The molecule has 0 amide bonds. The van der Waals surface area contributed by atoms with Crippen molar-refractivity contribution in [1.82, 2.24) is 5.32 Å². The molecular formula is C15H21NO. The molecule has 0 saturated heterocycles. The molecule has 17 heavy (non-hydrogen) atoms. The molecule has 2 aliphatic rings. The molecule has 2 saturated carbocycles. The van der Waals surface area contributed by atoms with E-state index in [0.717, 1.165) is 17.6 Å². The molecule has 2 heteroatoms. The summed E-state index contributed by atoms with van der Waals surface area (Å²) in [5, 5.41) is 3.76. The van der Waals surface area contributed by atoms with Gasteiger partial charge >= 0.3 is 0 Å². The van der Waals surface area contributed by atoms with E-state index in [1.807, 2.05) is 0 Å². The maximum absolute atomic E-state index is 5.21. The predicted octanol–water partition coefficient (Wildman–Crippen LogP) is 3.15. The molecule has 1 atom stereocenters. The Morgan fingerprint density at radius 1 is 1.18 bits per heavy atom. The van der Waals surface area contributed by atoms with Gasteiger partial charge in [-0.25, -0.2) is 0 Å². The summed E-state index contributed by atoms with van der Waals surface area (Å²) in [6.07, 6.45) is 5.61. The van der Waals surface area contributed by atoms with Gasteiger partial charge in [0.25, 0.3) is 0 Å². The molecular weight excluding hydrogens is 210 g/mol. The minimum atomic E-state index is 0.571. The summed E-state index contributed by atoms with van der Waals surface area (Å²) in [6, 6.07) is 9.14. The largest absolute Gasteiger partial charge is 0.497 e. The second kappa shape index (κ2) is 4.69. The number of methoxy groups -OCH3 is 1. The summed E-state index contributed by atoms with van der Waals surface area (Å²) in [6.45, 7) is 1.20. The molecule has 0 bridgehead atoms. The fourth-order valence-electron chi connectivity index (χ4n) is 2.41. The van der Waals surface area contributed by atoms with E-state index in [1.165, 1.54) is 37.8 Å². The third kappa shape index (κ3) is 2.81. The van der Waals surface area contributed by atoms with Crippen LogP contribution in [-0.2, 0) is 0 Å². The van der Waals surface area contributed by atoms with E-state index in [1.54, 1.807) is 7.11 Å². The van der Waals surface area contributed by atoms with Crippen molar-refractivity contribution in [3.63, 3.8) is 0 Å². The fourth-order valence-corrected chi connectivity index (χ4v) is 2.41. The molecule has 1 aromatic rings. The van der Waals surface area contributed by atoms with E-state index in [-0.39, 0.29) is 0 Å². The van der Waals surface area contributed by atoms with Crippen LogP contribution in [0.15, 0.2) is 24.3 Å². The maximum atomic E-state index is 5.21. The SMILES string of the molecule is COc1ccc(C(NCC2CC2)C2CC2)cc1. The summed E-state index contributed by atoms with van der Waals surface area (Å²) in [5.74, 6) is 2.77. The monoisotopic (exact) mass is 231 g/mol. The molecule has 0 heterocycles. The number of ether oxygens (including phenoxy) is 1. The average Bonchev–Trinajstić information content (AvgIpc) is 3.24. The number of hydrogen-bond acceptors (Lipinski definition) is 2. The van der Waals surface area contributed by atoms with Crippen LogP contribution < -0.4 is 10.1 Å². The third-order valence-corrected chi connectivity index (χ3v) is 3.89. The van der Waals surface area contributed by atoms with Gasteiger partial charge in [0.1, 0.15) is 5.75 Å². The second-order valence-electron chi connectivity index (χ2n) is 5.44. The first-order valence-corrected chi connectivity index (χ1v) is 6.74. The van der Waals surface area contributed by atoms with Gasteiger partial charge in [0.2, 0.25) is 0 Å². The fraction of sp³-hybridized carbons (Fsp3) is 0.600. The normalized spacial score (nSPS) is 21.2. The van der Waals surface area contributed by atoms with Gasteiger partial charge in [-0.2, -0.15) is 0 Å². The average molecular weight is 231 g/mol. The summed E-state index contributed by atoms with van der Waals surface area (Å²) in [7, 11) is 1.72. The summed E-state index contributed by atoms with van der Waals surface area (Å²) in [5.41, 5.74) is 1.42. The molecule has 1 aromatic carbocycles. The topological polar surface area (TPSA) is 21.3 Å². The predicted molar refractivity (Wildman–Crippen MR) is 69.2 cm³/mol. The van der Waals surface area contributed by atoms with E-state index in [2.05, 4.69) is 29.6 Å². The van der Waals surface area contributed by atoms with Crippen molar-refractivity contribution >= 4 is 0 Å². The zero-order valence-electron chi connectivity index (χ0n) is 10.5. The van der Waals surface area contributed by atoms with Crippen LogP contribution in [0.1, 0.15) is 37.3 Å². The molecule has 3 rings (SSSR count). The molecule has 0 spiro atoms. The lowest BCUT2D eigenvalue weighted by Gasteiger charge is -2.19. The third-order valence-electron chi connectivity index (χ3n) is 3.89. The van der Waals surface area contributed by atoms with Crippen molar-refractivity contribution in [2.24, 2.45) is 11.8 Å². The number of rotatable bonds is 6. The molecule has 1 N–H and O–H groups in total. The van der Waals surface area contributed by atoms with Crippen LogP contribution in [0, 0.1) is 11.8 Å². The Bertz CT molecular complexity index is 365. The van der Waals surface area contributed by atoms with Gasteiger partial charge in [0.05, 0.1) is 7.11 Å². The van der Waals surface area contributed by atoms with Gasteiger partial charge < -0.3 is 10.1 Å². The van der Waals surface area contributed by atoms with Crippen molar-refractivity contribution in [2.75, 3.05) is 13.7 Å². The second-order valence-corrected chi connectivity index (χ2v) is 5.44. The molecule has 92 valence electrons. The van der Waals surface area contributed by atoms with Crippen LogP contribution in [0.25, 0.3) is 0 Å². The zero-order chi connectivity index (χ0) is 11.7. The van der Waals surface area contributed by atoms with Crippen LogP contribution >= 0.6 is 0 Å². The maximum Gasteiger partial charge on any atom is 0.118 e. The Hall–Kier alpha value is -1.02. The first kappa shape index (κ1) is 11.1. The highest BCUT2D eigenvalue weighted by atomic mass is 16.5. The number of hydrogen-bond donors (Lipinski definition) is 1. The van der Waals surface area contributed by atoms with Crippen molar-refractivity contribution in [2.45, 2.75) is 31.7 Å². The van der Waals surface area contributed by atoms with Crippen LogP contribution in [-0.4, -0.2) is 13.7 Å². The molecule has 0 aromatic heterocycles. The number of nitrogens with one attached hydrogen (secondary N) is 1. The van der Waals surface area contributed by atoms with E-state index in [4.69, 9.17) is 4.74 Å². The van der Waals surface area contributed by atoms with Gasteiger partial charge in [0.15, 0.2) is 0 Å². The van der Waals surface area contributed by atoms with E-state index < -0.39 is 0 Å². The smallest absolute Gasteiger partial charge is 0.118 e. The lowest BCUT2D eigenvalue weighted by Crippen LogP contribution is -2.25. The Balaban J connectivity index is 1.67. The molecule has 2 fully saturated rings. The van der Waals surface area contributed by atoms with Crippen LogP contribution in [0.4, 0.5) is 0 Å².